The van der Waals surface area contributed by atoms with Gasteiger partial charge >= 0.3 is 0 Å². The van der Waals surface area contributed by atoms with Crippen LogP contribution in [0.5, 0.6) is 0 Å². The molecule has 1 aromatic carbocycles. The minimum absolute atomic E-state index is 0.394. The highest BCUT2D eigenvalue weighted by Gasteiger charge is 2.11. The summed E-state index contributed by atoms with van der Waals surface area (Å²) in [5, 5.41) is 3.40. The maximum atomic E-state index is 10.5. The number of hydrogen-bond donors (Lipinski definition) is 0. The largest absolute Gasteiger partial charge is 0.296 e. The molecule has 2 aromatic rings. The Kier molecular flexibility index (Phi) is 3.05. The molecule has 0 saturated carbocycles. The van der Waals surface area contributed by atoms with Crippen molar-refractivity contribution in [2.24, 2.45) is 0 Å². The maximum absolute atomic E-state index is 10.5. The van der Waals surface area contributed by atoms with Crippen LogP contribution in [0.15, 0.2) is 23.6 Å². The zero-order valence-corrected chi connectivity index (χ0v) is 9.73. The van der Waals surface area contributed by atoms with Gasteiger partial charge in [0.05, 0.1) is 10.0 Å². The number of hydrogen-bond acceptors (Lipinski definition) is 3. The topological polar surface area (TPSA) is 30.0 Å². The summed E-state index contributed by atoms with van der Waals surface area (Å²) in [6.07, 6.45) is 0.699. The standard InChI is InChI=1S/C10H5Cl2NOS/c11-7-2-1-3-8(12)9(7)10-13-6(4-14)5-15-10/h1-5H. The molecule has 76 valence electrons. The molecule has 0 spiro atoms. The second kappa shape index (κ2) is 4.31. The SMILES string of the molecule is O=Cc1csc(-c2c(Cl)cccc2Cl)n1. The van der Waals surface area contributed by atoms with Crippen molar-refractivity contribution in [3.8, 4) is 10.6 Å². The van der Waals surface area contributed by atoms with Gasteiger partial charge in [-0.05, 0) is 12.1 Å². The zero-order valence-electron chi connectivity index (χ0n) is 7.41. The monoisotopic (exact) mass is 257 g/mol. The third kappa shape index (κ3) is 2.04. The maximum Gasteiger partial charge on any atom is 0.169 e. The van der Waals surface area contributed by atoms with Crippen LogP contribution in [0.2, 0.25) is 10.0 Å². The fourth-order valence-corrected chi connectivity index (χ4v) is 2.68. The van der Waals surface area contributed by atoms with Crippen LogP contribution in [0.3, 0.4) is 0 Å². The van der Waals surface area contributed by atoms with Gasteiger partial charge in [-0.25, -0.2) is 4.98 Å². The molecule has 0 saturated heterocycles. The van der Waals surface area contributed by atoms with Crippen LogP contribution in [-0.4, -0.2) is 11.3 Å². The Bertz CT molecular complexity index is 490. The van der Waals surface area contributed by atoms with E-state index < -0.39 is 0 Å². The van der Waals surface area contributed by atoms with E-state index in [-0.39, 0.29) is 0 Å². The van der Waals surface area contributed by atoms with Gasteiger partial charge < -0.3 is 0 Å². The first-order valence-electron chi connectivity index (χ1n) is 4.07. The summed E-state index contributed by atoms with van der Waals surface area (Å²) in [6, 6.07) is 5.25. The molecule has 2 nitrogen and oxygen atoms in total. The number of halogens is 2. The molecule has 0 fully saturated rings. The van der Waals surface area contributed by atoms with E-state index in [0.717, 1.165) is 0 Å². The van der Waals surface area contributed by atoms with Crippen molar-refractivity contribution in [1.29, 1.82) is 0 Å². The molecule has 0 radical (unpaired) electrons. The Morgan fingerprint density at radius 3 is 2.47 bits per heavy atom. The fourth-order valence-electron chi connectivity index (χ4n) is 1.16. The van der Waals surface area contributed by atoms with Crippen molar-refractivity contribution in [2.75, 3.05) is 0 Å². The van der Waals surface area contributed by atoms with Crippen molar-refractivity contribution in [3.05, 3.63) is 39.3 Å². The van der Waals surface area contributed by atoms with E-state index in [0.29, 0.717) is 32.6 Å². The average molecular weight is 258 g/mol. The Labute approximate surface area is 100 Å². The number of aldehydes is 1. The van der Waals surface area contributed by atoms with Crippen LogP contribution in [0.1, 0.15) is 10.5 Å². The van der Waals surface area contributed by atoms with Crippen LogP contribution in [0, 0.1) is 0 Å². The van der Waals surface area contributed by atoms with Gasteiger partial charge in [0, 0.05) is 10.9 Å². The lowest BCUT2D eigenvalue weighted by molar-refractivity contribution is 0.111. The lowest BCUT2D eigenvalue weighted by atomic mass is 10.2. The molecule has 1 aromatic heterocycles. The third-order valence-electron chi connectivity index (χ3n) is 1.82. The van der Waals surface area contributed by atoms with Gasteiger partial charge in [0.25, 0.3) is 0 Å². The van der Waals surface area contributed by atoms with E-state index in [9.17, 15) is 4.79 Å². The summed E-state index contributed by atoms with van der Waals surface area (Å²) in [6.45, 7) is 0. The zero-order chi connectivity index (χ0) is 10.8. The lowest BCUT2D eigenvalue weighted by Gasteiger charge is -2.01. The molecule has 2 rings (SSSR count). The average Bonchev–Trinajstić information content (AvgIpc) is 2.66. The summed E-state index contributed by atoms with van der Waals surface area (Å²) >= 11 is 13.4. The number of nitrogens with zero attached hydrogens (tertiary/aromatic N) is 1. The molecule has 15 heavy (non-hydrogen) atoms. The predicted molar refractivity (Wildman–Crippen MR) is 63.0 cm³/mol. The quantitative estimate of drug-likeness (QED) is 0.764. The first kappa shape index (κ1) is 10.6. The fraction of sp³-hybridized carbons (Fsp3) is 0. The number of aromatic nitrogens is 1. The number of benzene rings is 1. The third-order valence-corrected chi connectivity index (χ3v) is 3.33. The Morgan fingerprint density at radius 2 is 1.93 bits per heavy atom. The molecule has 0 aliphatic rings. The van der Waals surface area contributed by atoms with E-state index in [1.165, 1.54) is 11.3 Å². The lowest BCUT2D eigenvalue weighted by Crippen LogP contribution is -1.82. The molecule has 0 bridgehead atoms. The highest BCUT2D eigenvalue weighted by molar-refractivity contribution is 7.13. The summed E-state index contributed by atoms with van der Waals surface area (Å²) in [5.41, 5.74) is 1.07. The second-order valence-corrected chi connectivity index (χ2v) is 4.46. The van der Waals surface area contributed by atoms with Crippen molar-refractivity contribution in [3.63, 3.8) is 0 Å². The molecule has 0 unspecified atom stereocenters. The number of thiazole rings is 1. The first-order chi connectivity index (χ1) is 7.22. The van der Waals surface area contributed by atoms with Crippen LogP contribution in [-0.2, 0) is 0 Å². The minimum Gasteiger partial charge on any atom is -0.296 e. The Hall–Kier alpha value is -0.900. The highest BCUT2D eigenvalue weighted by Crippen LogP contribution is 2.35. The van der Waals surface area contributed by atoms with Crippen LogP contribution in [0.4, 0.5) is 0 Å². The summed E-state index contributed by atoms with van der Waals surface area (Å²) in [4.78, 5) is 14.6. The minimum atomic E-state index is 0.394. The summed E-state index contributed by atoms with van der Waals surface area (Å²) < 4.78 is 0. The van der Waals surface area contributed by atoms with Gasteiger partial charge in [0.15, 0.2) is 6.29 Å². The Balaban J connectivity index is 2.58. The Morgan fingerprint density at radius 1 is 1.27 bits per heavy atom. The van der Waals surface area contributed by atoms with E-state index >= 15 is 0 Å². The van der Waals surface area contributed by atoms with Crippen LogP contribution in [0.25, 0.3) is 10.6 Å². The van der Waals surface area contributed by atoms with Gasteiger partial charge in [0.2, 0.25) is 0 Å². The summed E-state index contributed by atoms with van der Waals surface area (Å²) in [5.74, 6) is 0. The van der Waals surface area contributed by atoms with E-state index in [1.807, 2.05) is 0 Å². The summed E-state index contributed by atoms with van der Waals surface area (Å²) in [7, 11) is 0. The van der Waals surface area contributed by atoms with Crippen LogP contribution >= 0.6 is 34.5 Å². The predicted octanol–water partition coefficient (Wildman–Crippen LogP) is 3.93. The molecule has 0 atom stereocenters. The van der Waals surface area contributed by atoms with Gasteiger partial charge in [0.1, 0.15) is 10.7 Å². The molecule has 5 heteroatoms. The number of carbonyl (C=O) groups is 1. The number of rotatable bonds is 2. The van der Waals surface area contributed by atoms with Crippen molar-refractivity contribution < 1.29 is 4.79 Å². The molecule has 0 aliphatic carbocycles. The normalized spacial score (nSPS) is 10.3. The van der Waals surface area contributed by atoms with Gasteiger partial charge in [-0.2, -0.15) is 0 Å². The second-order valence-electron chi connectivity index (χ2n) is 2.79. The van der Waals surface area contributed by atoms with Crippen molar-refractivity contribution >= 4 is 40.8 Å². The van der Waals surface area contributed by atoms with Crippen LogP contribution < -0.4 is 0 Å². The van der Waals surface area contributed by atoms with Crippen molar-refractivity contribution in [1.82, 2.24) is 4.98 Å². The molecular formula is C10H5Cl2NOS. The number of carbonyl (C=O) groups excluding carboxylic acids is 1. The smallest absolute Gasteiger partial charge is 0.169 e. The molecule has 0 aliphatic heterocycles. The first-order valence-corrected chi connectivity index (χ1v) is 5.71. The van der Waals surface area contributed by atoms with E-state index in [4.69, 9.17) is 23.2 Å². The van der Waals surface area contributed by atoms with E-state index in [2.05, 4.69) is 4.98 Å². The highest BCUT2D eigenvalue weighted by atomic mass is 35.5. The molecule has 0 amide bonds. The van der Waals surface area contributed by atoms with Gasteiger partial charge in [-0.15, -0.1) is 11.3 Å². The van der Waals surface area contributed by atoms with Crippen molar-refractivity contribution in [2.45, 2.75) is 0 Å². The van der Waals surface area contributed by atoms with Gasteiger partial charge in [-0.1, -0.05) is 29.3 Å². The molecule has 0 N–H and O–H groups in total. The van der Waals surface area contributed by atoms with E-state index in [1.54, 1.807) is 23.6 Å². The molecule has 1 heterocycles. The van der Waals surface area contributed by atoms with Gasteiger partial charge in [-0.3, -0.25) is 4.79 Å². The molecular weight excluding hydrogens is 253 g/mol.